The Kier molecular flexibility index (Phi) is 9.19. The number of hydrogen-bond acceptors (Lipinski definition) is 8. The van der Waals surface area contributed by atoms with E-state index in [2.05, 4.69) is 15.7 Å². The molecular weight excluding hydrogens is 416 g/mol. The van der Waals surface area contributed by atoms with Gasteiger partial charge in [-0.3, -0.25) is 4.79 Å². The van der Waals surface area contributed by atoms with Crippen molar-refractivity contribution in [1.82, 2.24) is 0 Å². The number of esters is 2. The minimum atomic E-state index is -4.38. The fourth-order valence-electron chi connectivity index (χ4n) is 1.72. The van der Waals surface area contributed by atoms with Gasteiger partial charge in [0.25, 0.3) is 10.0 Å². The lowest BCUT2D eigenvalue weighted by molar-refractivity contribution is -0.218. The normalized spacial score (nSPS) is 11.8. The first-order chi connectivity index (χ1) is 13.5. The summed E-state index contributed by atoms with van der Waals surface area (Å²) in [5, 5.41) is 11.7. The van der Waals surface area contributed by atoms with Crippen molar-refractivity contribution in [1.29, 1.82) is 0 Å². The number of hydrogen-bond donors (Lipinski definition) is 0. The largest absolute Gasteiger partial charge is 0.861 e. The van der Waals surface area contributed by atoms with E-state index in [1.54, 1.807) is 0 Å². The molecule has 0 atom stereocenters. The number of carbonyl (C=O) groups excluding carboxylic acids is 2. The number of carbonyl (C=O) groups is 2. The van der Waals surface area contributed by atoms with Crippen molar-refractivity contribution >= 4 is 27.9 Å². The molecule has 0 aliphatic rings. The molecule has 0 saturated heterocycles. The Morgan fingerprint density at radius 1 is 1.14 bits per heavy atom. The molecule has 0 bridgehead atoms. The summed E-state index contributed by atoms with van der Waals surface area (Å²) in [6.07, 6.45) is -0.969. The average Bonchev–Trinajstić information content (AvgIpc) is 2.62. The average molecular weight is 434 g/mol. The molecule has 1 aromatic carbocycles. The molecule has 160 valence electrons. The summed E-state index contributed by atoms with van der Waals surface area (Å²) < 4.78 is 64.7. The summed E-state index contributed by atoms with van der Waals surface area (Å²) in [5.74, 6) is -2.81. The molecule has 0 spiro atoms. The number of benzene rings is 1. The summed E-state index contributed by atoms with van der Waals surface area (Å²) in [6.45, 7) is 1.31. The Bertz CT molecular complexity index is 866. The van der Waals surface area contributed by atoms with Crippen LogP contribution in [-0.2, 0) is 29.1 Å². The third-order valence-electron chi connectivity index (χ3n) is 3.04. The van der Waals surface area contributed by atoms with Gasteiger partial charge in [-0.2, -0.15) is 21.6 Å². The number of nitrogens with zero attached hydrogens (tertiary/aromatic N) is 1. The van der Waals surface area contributed by atoms with Crippen LogP contribution < -0.4 is 9.84 Å². The Morgan fingerprint density at radius 2 is 1.72 bits per heavy atom. The lowest BCUT2D eigenvalue weighted by atomic mass is 10.3. The topological polar surface area (TPSA) is 131 Å². The number of alkyl halides is 2. The second-order valence-electron chi connectivity index (χ2n) is 5.45. The molecule has 9 nitrogen and oxygen atoms in total. The molecule has 0 radical (unpaired) electrons. The van der Waals surface area contributed by atoms with Gasteiger partial charge < -0.3 is 19.3 Å². The van der Waals surface area contributed by atoms with E-state index in [9.17, 15) is 31.9 Å². The minimum Gasteiger partial charge on any atom is -0.861 e. The van der Waals surface area contributed by atoms with Crippen LogP contribution in [0.4, 0.5) is 8.78 Å². The van der Waals surface area contributed by atoms with Crippen LogP contribution in [0.25, 0.3) is 0 Å². The molecule has 0 amide bonds. The third kappa shape index (κ3) is 9.14. The van der Waals surface area contributed by atoms with Crippen molar-refractivity contribution < 1.29 is 46.1 Å². The Morgan fingerprint density at radius 3 is 2.28 bits per heavy atom. The van der Waals surface area contributed by atoms with Gasteiger partial charge in [-0.25, -0.2) is 4.79 Å². The lowest BCUT2D eigenvalue weighted by Crippen LogP contribution is -2.22. The standard InChI is InChI=1S/C17H19F2NO8S/c1-11(2)16(23)27-10-9-26-15(22)8-7-14(21)20-29(24,25)13-5-3-12(4-6-13)28-17(18)19/h3-6,17H,1,7-10H2,2H3,(H,20,21)/p-1. The summed E-state index contributed by atoms with van der Waals surface area (Å²) in [4.78, 5) is 22.2. The van der Waals surface area contributed by atoms with E-state index in [4.69, 9.17) is 9.47 Å². The van der Waals surface area contributed by atoms with Gasteiger partial charge >= 0.3 is 18.6 Å². The number of rotatable bonds is 11. The van der Waals surface area contributed by atoms with E-state index in [0.717, 1.165) is 24.3 Å². The highest BCUT2D eigenvalue weighted by molar-refractivity contribution is 7.90. The predicted octanol–water partition coefficient (Wildman–Crippen LogP) is 1.18. The Labute approximate surface area is 165 Å². The summed E-state index contributed by atoms with van der Waals surface area (Å²) in [6, 6.07) is 3.86. The van der Waals surface area contributed by atoms with Crippen molar-refractivity contribution in [2.75, 3.05) is 13.2 Å². The van der Waals surface area contributed by atoms with Crippen LogP contribution in [-0.4, -0.2) is 46.1 Å². The maximum absolute atomic E-state index is 12.1. The minimum absolute atomic E-state index is 0.181. The molecule has 0 aliphatic heterocycles. The number of halogens is 2. The zero-order chi connectivity index (χ0) is 22.0. The van der Waals surface area contributed by atoms with E-state index in [1.807, 2.05) is 0 Å². The maximum atomic E-state index is 12.1. The Hall–Kier alpha value is -3.02. The summed E-state index contributed by atoms with van der Waals surface area (Å²) >= 11 is 0. The molecule has 0 saturated carbocycles. The van der Waals surface area contributed by atoms with Crippen molar-refractivity contribution in [2.24, 2.45) is 4.40 Å². The zero-order valence-corrected chi connectivity index (χ0v) is 16.1. The van der Waals surface area contributed by atoms with E-state index < -0.39 is 52.2 Å². The molecule has 12 heteroatoms. The van der Waals surface area contributed by atoms with Crippen molar-refractivity contribution in [3.63, 3.8) is 0 Å². The smallest absolute Gasteiger partial charge is 0.387 e. The van der Waals surface area contributed by atoms with Gasteiger partial charge in [-0.05, 0) is 43.5 Å². The molecule has 1 aromatic rings. The van der Waals surface area contributed by atoms with Gasteiger partial charge in [-0.15, -0.1) is 0 Å². The van der Waals surface area contributed by atoms with Gasteiger partial charge in [0, 0.05) is 12.0 Å². The van der Waals surface area contributed by atoms with E-state index in [1.165, 1.54) is 6.92 Å². The predicted molar refractivity (Wildman–Crippen MR) is 93.7 cm³/mol. The fourth-order valence-corrected chi connectivity index (χ4v) is 2.66. The van der Waals surface area contributed by atoms with Crippen LogP contribution in [0.15, 0.2) is 45.7 Å². The highest BCUT2D eigenvalue weighted by Gasteiger charge is 2.14. The van der Waals surface area contributed by atoms with Crippen LogP contribution in [0, 0.1) is 0 Å². The molecule has 0 aliphatic carbocycles. The van der Waals surface area contributed by atoms with Crippen molar-refractivity contribution in [2.45, 2.75) is 31.3 Å². The van der Waals surface area contributed by atoms with Gasteiger partial charge in [-0.1, -0.05) is 6.58 Å². The quantitative estimate of drug-likeness (QED) is 0.167. The fraction of sp³-hybridized carbons (Fsp3) is 0.353. The Balaban J connectivity index is 2.51. The third-order valence-corrected chi connectivity index (χ3v) is 4.35. The van der Waals surface area contributed by atoms with Gasteiger partial charge in [0.15, 0.2) is 0 Å². The van der Waals surface area contributed by atoms with Crippen LogP contribution in [0.2, 0.25) is 0 Å². The SMILES string of the molecule is C=C(C)C(=O)OCCOC(=O)CC/C([O-])=N/S(=O)(=O)c1ccc(OC(F)F)cc1. The molecule has 0 fully saturated rings. The first kappa shape index (κ1) is 24.0. The van der Waals surface area contributed by atoms with Crippen LogP contribution >= 0.6 is 0 Å². The second-order valence-corrected chi connectivity index (χ2v) is 7.05. The number of sulfonamides is 1. The summed E-state index contributed by atoms with van der Waals surface area (Å²) in [7, 11) is -4.38. The highest BCUT2D eigenvalue weighted by Crippen LogP contribution is 2.19. The zero-order valence-electron chi connectivity index (χ0n) is 15.3. The van der Waals surface area contributed by atoms with Crippen LogP contribution in [0.3, 0.4) is 0 Å². The van der Waals surface area contributed by atoms with Crippen LogP contribution in [0.1, 0.15) is 19.8 Å². The molecule has 29 heavy (non-hydrogen) atoms. The second kappa shape index (κ2) is 11.1. The molecular formula is C17H18F2NO8S-. The maximum Gasteiger partial charge on any atom is 0.387 e. The molecule has 0 N–H and O–H groups in total. The monoisotopic (exact) mass is 434 g/mol. The van der Waals surface area contributed by atoms with E-state index in [0.29, 0.717) is 0 Å². The summed E-state index contributed by atoms with van der Waals surface area (Å²) in [5.41, 5.74) is 0.181. The van der Waals surface area contributed by atoms with Gasteiger partial charge in [0.05, 0.1) is 4.90 Å². The first-order valence-electron chi connectivity index (χ1n) is 8.05. The van der Waals surface area contributed by atoms with Gasteiger partial charge in [0.1, 0.15) is 19.0 Å². The highest BCUT2D eigenvalue weighted by atomic mass is 32.2. The number of ether oxygens (including phenoxy) is 3. The molecule has 1 rings (SSSR count). The first-order valence-corrected chi connectivity index (χ1v) is 9.49. The molecule has 0 unspecified atom stereocenters. The van der Waals surface area contributed by atoms with Gasteiger partial charge in [0.2, 0.25) is 0 Å². The van der Waals surface area contributed by atoms with E-state index in [-0.39, 0.29) is 24.5 Å². The van der Waals surface area contributed by atoms with E-state index >= 15 is 0 Å². The molecule has 0 aromatic heterocycles. The lowest BCUT2D eigenvalue weighted by Gasteiger charge is -2.11. The molecule has 0 heterocycles. The van der Waals surface area contributed by atoms with Crippen molar-refractivity contribution in [3.05, 3.63) is 36.4 Å². The van der Waals surface area contributed by atoms with Crippen molar-refractivity contribution in [3.8, 4) is 5.75 Å². The van der Waals surface area contributed by atoms with Crippen LogP contribution in [0.5, 0.6) is 5.75 Å².